The van der Waals surface area contributed by atoms with Gasteiger partial charge >= 0.3 is 0 Å². The number of aromatic nitrogens is 2. The van der Waals surface area contributed by atoms with Gasteiger partial charge in [-0.1, -0.05) is 18.2 Å². The van der Waals surface area contributed by atoms with E-state index >= 15 is 0 Å². The maximum absolute atomic E-state index is 13.2. The van der Waals surface area contributed by atoms with Gasteiger partial charge in [-0.05, 0) is 56.3 Å². The number of benzene rings is 2. The van der Waals surface area contributed by atoms with Crippen molar-refractivity contribution in [1.82, 2.24) is 20.4 Å². The fourth-order valence-electron chi connectivity index (χ4n) is 3.52. The third-order valence-electron chi connectivity index (χ3n) is 4.93. The lowest BCUT2D eigenvalue weighted by molar-refractivity contribution is 0.0847. The molecule has 0 unspecified atom stereocenters. The molecule has 0 aliphatic heterocycles. The summed E-state index contributed by atoms with van der Waals surface area (Å²) in [4.78, 5) is 29.6. The largest absolute Gasteiger partial charge is 0.318 e. The number of pyridine rings is 1. The number of carbonyl (C=O) groups excluding carboxylic acids is 2. The zero-order valence-electron chi connectivity index (χ0n) is 16.4. The molecular formula is C23H19FN4O2. The molecule has 2 amide bonds. The van der Waals surface area contributed by atoms with E-state index in [0.29, 0.717) is 22.3 Å². The van der Waals surface area contributed by atoms with Crippen molar-refractivity contribution >= 4 is 22.7 Å². The number of hydrogen-bond donors (Lipinski definition) is 2. The van der Waals surface area contributed by atoms with Gasteiger partial charge in [-0.3, -0.25) is 25.4 Å². The van der Waals surface area contributed by atoms with Crippen molar-refractivity contribution in [2.75, 3.05) is 0 Å². The fourth-order valence-corrected chi connectivity index (χ4v) is 3.52. The summed E-state index contributed by atoms with van der Waals surface area (Å²) < 4.78 is 15.1. The lowest BCUT2D eigenvalue weighted by Crippen LogP contribution is -2.41. The van der Waals surface area contributed by atoms with Gasteiger partial charge in [-0.15, -0.1) is 0 Å². The summed E-state index contributed by atoms with van der Waals surface area (Å²) in [5.41, 5.74) is 8.49. The third kappa shape index (κ3) is 3.53. The molecule has 0 aliphatic carbocycles. The van der Waals surface area contributed by atoms with Gasteiger partial charge < -0.3 is 4.57 Å². The van der Waals surface area contributed by atoms with E-state index in [-0.39, 0.29) is 5.82 Å². The number of aryl methyl sites for hydroxylation is 1. The number of carbonyl (C=O) groups is 2. The predicted molar refractivity (Wildman–Crippen MR) is 112 cm³/mol. The molecule has 2 heterocycles. The SMILES string of the molecule is Cc1cc(C(=O)NNC(=O)c2cccc3cccnc23)c(C)n1-c1ccc(F)cc1. The topological polar surface area (TPSA) is 76.0 Å². The molecule has 0 atom stereocenters. The molecule has 4 rings (SSSR count). The molecule has 0 spiro atoms. The molecule has 4 aromatic rings. The number of rotatable bonds is 3. The summed E-state index contributed by atoms with van der Waals surface area (Å²) in [5.74, 6) is -1.23. The van der Waals surface area contributed by atoms with E-state index in [1.807, 2.05) is 23.6 Å². The Morgan fingerprint density at radius 1 is 0.900 bits per heavy atom. The second-order valence-corrected chi connectivity index (χ2v) is 6.89. The highest BCUT2D eigenvalue weighted by Gasteiger charge is 2.18. The Kier molecular flexibility index (Phi) is 5.02. The predicted octanol–water partition coefficient (Wildman–Crippen LogP) is 3.86. The minimum atomic E-state index is -0.458. The molecule has 6 nitrogen and oxygen atoms in total. The minimum Gasteiger partial charge on any atom is -0.318 e. The summed E-state index contributed by atoms with van der Waals surface area (Å²) >= 11 is 0. The van der Waals surface area contributed by atoms with E-state index in [9.17, 15) is 14.0 Å². The average Bonchev–Trinajstić information content (AvgIpc) is 3.06. The highest BCUT2D eigenvalue weighted by Crippen LogP contribution is 2.21. The Morgan fingerprint density at radius 2 is 1.57 bits per heavy atom. The van der Waals surface area contributed by atoms with Crippen LogP contribution >= 0.6 is 0 Å². The Labute approximate surface area is 172 Å². The number of hydrogen-bond acceptors (Lipinski definition) is 3. The second kappa shape index (κ2) is 7.79. The van der Waals surface area contributed by atoms with E-state index < -0.39 is 11.8 Å². The van der Waals surface area contributed by atoms with Crippen LogP contribution in [0.3, 0.4) is 0 Å². The molecule has 0 saturated heterocycles. The Hall–Kier alpha value is -4.00. The van der Waals surface area contributed by atoms with Gasteiger partial charge in [-0.2, -0.15) is 0 Å². The normalized spacial score (nSPS) is 10.8. The van der Waals surface area contributed by atoms with Crippen LogP contribution in [-0.2, 0) is 0 Å². The number of fused-ring (bicyclic) bond motifs is 1. The van der Waals surface area contributed by atoms with Crippen LogP contribution in [0.4, 0.5) is 4.39 Å². The van der Waals surface area contributed by atoms with Gasteiger partial charge in [0.2, 0.25) is 0 Å². The summed E-state index contributed by atoms with van der Waals surface area (Å²) in [6.07, 6.45) is 1.61. The van der Waals surface area contributed by atoms with Crippen molar-refractivity contribution in [1.29, 1.82) is 0 Å². The van der Waals surface area contributed by atoms with Crippen LogP contribution in [0.15, 0.2) is 66.9 Å². The molecule has 0 saturated carbocycles. The van der Waals surface area contributed by atoms with E-state index in [4.69, 9.17) is 0 Å². The van der Waals surface area contributed by atoms with Crippen LogP contribution in [0, 0.1) is 19.7 Å². The first-order valence-electron chi connectivity index (χ1n) is 9.35. The molecule has 0 aliphatic rings. The molecule has 2 aromatic heterocycles. The quantitative estimate of drug-likeness (QED) is 0.511. The van der Waals surface area contributed by atoms with Crippen molar-refractivity contribution in [3.05, 3.63) is 95.2 Å². The molecule has 0 bridgehead atoms. The zero-order chi connectivity index (χ0) is 21.3. The van der Waals surface area contributed by atoms with Crippen molar-refractivity contribution < 1.29 is 14.0 Å². The van der Waals surface area contributed by atoms with Gasteiger partial charge in [0.1, 0.15) is 5.82 Å². The molecule has 150 valence electrons. The Morgan fingerprint density at radius 3 is 2.30 bits per heavy atom. The van der Waals surface area contributed by atoms with Crippen LogP contribution in [0.2, 0.25) is 0 Å². The number of halogens is 1. The van der Waals surface area contributed by atoms with E-state index in [1.54, 1.807) is 49.5 Å². The van der Waals surface area contributed by atoms with Crippen molar-refractivity contribution in [3.63, 3.8) is 0 Å². The summed E-state index contributed by atoms with van der Waals surface area (Å²) in [7, 11) is 0. The lowest BCUT2D eigenvalue weighted by atomic mass is 10.1. The first kappa shape index (κ1) is 19.3. The minimum absolute atomic E-state index is 0.329. The fraction of sp³-hybridized carbons (Fsp3) is 0.0870. The van der Waals surface area contributed by atoms with Gasteiger partial charge in [0.25, 0.3) is 11.8 Å². The van der Waals surface area contributed by atoms with Crippen molar-refractivity contribution in [3.8, 4) is 5.69 Å². The molecular weight excluding hydrogens is 383 g/mol. The molecule has 2 aromatic carbocycles. The zero-order valence-corrected chi connectivity index (χ0v) is 16.4. The number of nitrogens with zero attached hydrogens (tertiary/aromatic N) is 2. The smallest absolute Gasteiger partial charge is 0.271 e. The van der Waals surface area contributed by atoms with E-state index in [0.717, 1.165) is 16.8 Å². The van der Waals surface area contributed by atoms with Crippen LogP contribution < -0.4 is 10.9 Å². The van der Waals surface area contributed by atoms with Gasteiger partial charge in [-0.25, -0.2) is 4.39 Å². The standard InChI is InChI=1S/C23H19FN4O2/c1-14-13-20(15(2)28(14)18-10-8-17(24)9-11-18)23(30)27-26-22(29)19-7-3-5-16-6-4-12-25-21(16)19/h3-13H,1-2H3,(H,26,29)(H,27,30). The molecule has 7 heteroatoms. The highest BCUT2D eigenvalue weighted by atomic mass is 19.1. The molecule has 0 fully saturated rings. The summed E-state index contributed by atoms with van der Waals surface area (Å²) in [5, 5.41) is 0.833. The maximum Gasteiger partial charge on any atom is 0.271 e. The lowest BCUT2D eigenvalue weighted by Gasteiger charge is -2.11. The third-order valence-corrected chi connectivity index (χ3v) is 4.93. The van der Waals surface area contributed by atoms with E-state index in [1.165, 1.54) is 12.1 Å². The van der Waals surface area contributed by atoms with Crippen LogP contribution in [0.5, 0.6) is 0 Å². The van der Waals surface area contributed by atoms with Crippen molar-refractivity contribution in [2.45, 2.75) is 13.8 Å². The Bertz CT molecular complexity index is 1260. The number of hydrazine groups is 1. The molecule has 2 N–H and O–H groups in total. The van der Waals surface area contributed by atoms with Gasteiger partial charge in [0, 0.05) is 28.7 Å². The molecule has 30 heavy (non-hydrogen) atoms. The summed E-state index contributed by atoms with van der Waals surface area (Å²) in [6.45, 7) is 3.65. The van der Waals surface area contributed by atoms with Crippen LogP contribution in [0.1, 0.15) is 32.1 Å². The summed E-state index contributed by atoms with van der Waals surface area (Å²) in [6, 6.07) is 16.7. The number of nitrogens with one attached hydrogen (secondary N) is 2. The molecule has 0 radical (unpaired) electrons. The number of para-hydroxylation sites is 1. The number of amides is 2. The van der Waals surface area contributed by atoms with Crippen LogP contribution in [0.25, 0.3) is 16.6 Å². The maximum atomic E-state index is 13.2. The average molecular weight is 402 g/mol. The Balaban J connectivity index is 1.54. The monoisotopic (exact) mass is 402 g/mol. The van der Waals surface area contributed by atoms with Crippen molar-refractivity contribution in [2.24, 2.45) is 0 Å². The van der Waals surface area contributed by atoms with E-state index in [2.05, 4.69) is 15.8 Å². The van der Waals surface area contributed by atoms with Gasteiger partial charge in [0.05, 0.1) is 16.6 Å². The first-order valence-corrected chi connectivity index (χ1v) is 9.35. The first-order chi connectivity index (χ1) is 14.5. The van der Waals surface area contributed by atoms with Crippen LogP contribution in [-0.4, -0.2) is 21.4 Å². The highest BCUT2D eigenvalue weighted by molar-refractivity contribution is 6.06. The second-order valence-electron chi connectivity index (χ2n) is 6.89. The van der Waals surface area contributed by atoms with Gasteiger partial charge in [0.15, 0.2) is 0 Å².